The molecule has 3 heteroatoms. The molecule has 1 aliphatic carbocycles. The molecule has 1 heterocycles. The van der Waals surface area contributed by atoms with Crippen molar-refractivity contribution in [3.63, 3.8) is 0 Å². The number of aromatic nitrogens is 2. The van der Waals surface area contributed by atoms with Gasteiger partial charge in [-0.15, -0.1) is 0 Å². The molecule has 1 aromatic rings. The zero-order valence-corrected chi connectivity index (χ0v) is 7.67. The van der Waals surface area contributed by atoms with Crippen molar-refractivity contribution in [1.82, 2.24) is 9.78 Å². The number of hydrogen-bond acceptors (Lipinski definition) is 2. The first-order chi connectivity index (χ1) is 5.59. The van der Waals surface area contributed by atoms with Crippen LogP contribution in [0.2, 0.25) is 0 Å². The minimum atomic E-state index is 0.0975. The number of nitrogens with two attached hydrogens (primary N) is 1. The van der Waals surface area contributed by atoms with Gasteiger partial charge >= 0.3 is 0 Å². The van der Waals surface area contributed by atoms with Crippen molar-refractivity contribution < 1.29 is 0 Å². The maximum atomic E-state index is 6.02. The number of aryl methyl sites for hydroxylation is 2. The first-order valence-corrected chi connectivity index (χ1v) is 4.37. The van der Waals surface area contributed by atoms with Crippen LogP contribution in [0.4, 0.5) is 0 Å². The van der Waals surface area contributed by atoms with E-state index in [-0.39, 0.29) is 5.54 Å². The average molecular weight is 165 g/mol. The smallest absolute Gasteiger partial charge is 0.0596 e. The summed E-state index contributed by atoms with van der Waals surface area (Å²) in [5.41, 5.74) is 8.45. The van der Waals surface area contributed by atoms with Crippen molar-refractivity contribution in [2.45, 2.75) is 31.7 Å². The van der Waals surface area contributed by atoms with Crippen LogP contribution in [0, 0.1) is 6.92 Å². The maximum Gasteiger partial charge on any atom is 0.0596 e. The summed E-state index contributed by atoms with van der Waals surface area (Å²) in [5.74, 6) is 0. The summed E-state index contributed by atoms with van der Waals surface area (Å²) in [6.07, 6.45) is 3.30. The van der Waals surface area contributed by atoms with Gasteiger partial charge in [0.05, 0.1) is 5.69 Å². The van der Waals surface area contributed by atoms with E-state index in [1.165, 1.54) is 5.69 Å². The molecular formula is C9H15N3. The van der Waals surface area contributed by atoms with Crippen molar-refractivity contribution >= 4 is 0 Å². The fourth-order valence-electron chi connectivity index (χ4n) is 1.53. The van der Waals surface area contributed by atoms with E-state index in [0.29, 0.717) is 0 Å². The molecule has 12 heavy (non-hydrogen) atoms. The summed E-state index contributed by atoms with van der Waals surface area (Å²) >= 11 is 0. The molecule has 1 aromatic heterocycles. The van der Waals surface area contributed by atoms with Gasteiger partial charge in [0.25, 0.3) is 0 Å². The van der Waals surface area contributed by atoms with Gasteiger partial charge < -0.3 is 5.73 Å². The Labute approximate surface area is 72.6 Å². The third-order valence-electron chi connectivity index (χ3n) is 2.52. The Morgan fingerprint density at radius 2 is 2.33 bits per heavy atom. The Kier molecular flexibility index (Phi) is 1.51. The molecule has 3 nitrogen and oxygen atoms in total. The summed E-state index contributed by atoms with van der Waals surface area (Å²) in [5, 5.41) is 4.28. The van der Waals surface area contributed by atoms with Gasteiger partial charge in [0.15, 0.2) is 0 Å². The highest BCUT2D eigenvalue weighted by Crippen LogP contribution is 2.35. The predicted molar refractivity (Wildman–Crippen MR) is 47.8 cm³/mol. The Morgan fingerprint density at radius 3 is 2.75 bits per heavy atom. The van der Waals surface area contributed by atoms with Crippen LogP contribution in [0.5, 0.6) is 0 Å². The van der Waals surface area contributed by atoms with E-state index in [9.17, 15) is 0 Å². The van der Waals surface area contributed by atoms with E-state index < -0.39 is 0 Å². The lowest BCUT2D eigenvalue weighted by molar-refractivity contribution is 0.612. The molecule has 66 valence electrons. The second-order valence-electron chi connectivity index (χ2n) is 3.94. The van der Waals surface area contributed by atoms with Crippen LogP contribution < -0.4 is 5.73 Å². The number of rotatable bonds is 2. The molecule has 1 saturated carbocycles. The average Bonchev–Trinajstić information content (AvgIpc) is 2.58. The van der Waals surface area contributed by atoms with E-state index in [1.54, 1.807) is 0 Å². The second kappa shape index (κ2) is 2.33. The molecule has 1 fully saturated rings. The first-order valence-electron chi connectivity index (χ1n) is 4.37. The van der Waals surface area contributed by atoms with E-state index >= 15 is 0 Å². The van der Waals surface area contributed by atoms with Gasteiger partial charge in [-0.05, 0) is 25.8 Å². The fourth-order valence-corrected chi connectivity index (χ4v) is 1.53. The molecule has 0 spiro atoms. The molecular weight excluding hydrogens is 150 g/mol. The molecule has 0 aromatic carbocycles. The SMILES string of the molecule is Cc1cc(CC2(N)CC2)n(C)n1. The van der Waals surface area contributed by atoms with E-state index in [0.717, 1.165) is 25.0 Å². The Balaban J connectivity index is 2.17. The zero-order chi connectivity index (χ0) is 8.77. The lowest BCUT2D eigenvalue weighted by Crippen LogP contribution is -2.25. The maximum absolute atomic E-state index is 6.02. The molecule has 0 amide bonds. The molecule has 0 saturated heterocycles. The van der Waals surface area contributed by atoms with E-state index in [1.807, 2.05) is 18.7 Å². The third kappa shape index (κ3) is 1.37. The quantitative estimate of drug-likeness (QED) is 0.703. The molecule has 0 radical (unpaired) electrons. The van der Waals surface area contributed by atoms with E-state index in [4.69, 9.17) is 5.73 Å². The van der Waals surface area contributed by atoms with Crippen LogP contribution in [0.1, 0.15) is 24.2 Å². The second-order valence-corrected chi connectivity index (χ2v) is 3.94. The van der Waals surface area contributed by atoms with Crippen molar-refractivity contribution in [2.24, 2.45) is 12.8 Å². The van der Waals surface area contributed by atoms with Gasteiger partial charge in [-0.1, -0.05) is 0 Å². The summed E-state index contributed by atoms with van der Waals surface area (Å²) in [4.78, 5) is 0. The normalized spacial score (nSPS) is 19.6. The van der Waals surface area contributed by atoms with Crippen LogP contribution in [-0.2, 0) is 13.5 Å². The first kappa shape index (κ1) is 7.80. The van der Waals surface area contributed by atoms with Crippen LogP contribution in [0.3, 0.4) is 0 Å². The zero-order valence-electron chi connectivity index (χ0n) is 7.67. The van der Waals surface area contributed by atoms with Gasteiger partial charge in [-0.25, -0.2) is 0 Å². The van der Waals surface area contributed by atoms with Crippen LogP contribution in [0.15, 0.2) is 6.07 Å². The van der Waals surface area contributed by atoms with Crippen molar-refractivity contribution in [3.8, 4) is 0 Å². The molecule has 1 aliphatic rings. The topological polar surface area (TPSA) is 43.8 Å². The van der Waals surface area contributed by atoms with Crippen molar-refractivity contribution in [3.05, 3.63) is 17.5 Å². The molecule has 2 rings (SSSR count). The summed E-state index contributed by atoms with van der Waals surface area (Å²) in [6, 6.07) is 2.12. The Bertz CT molecular complexity index is 297. The highest BCUT2D eigenvalue weighted by atomic mass is 15.3. The lowest BCUT2D eigenvalue weighted by Gasteiger charge is -2.07. The monoisotopic (exact) mass is 165 g/mol. The summed E-state index contributed by atoms with van der Waals surface area (Å²) in [7, 11) is 1.98. The van der Waals surface area contributed by atoms with Gasteiger partial charge in [0, 0.05) is 24.7 Å². The number of nitrogens with zero attached hydrogens (tertiary/aromatic N) is 2. The predicted octanol–water partition coefficient (Wildman–Crippen LogP) is 0.762. The molecule has 0 unspecified atom stereocenters. The summed E-state index contributed by atoms with van der Waals surface area (Å²) < 4.78 is 1.93. The molecule has 0 atom stereocenters. The van der Waals surface area contributed by atoms with Crippen LogP contribution in [0.25, 0.3) is 0 Å². The largest absolute Gasteiger partial charge is 0.325 e. The van der Waals surface area contributed by atoms with Crippen LogP contribution in [-0.4, -0.2) is 15.3 Å². The third-order valence-corrected chi connectivity index (χ3v) is 2.52. The van der Waals surface area contributed by atoms with Gasteiger partial charge in [-0.3, -0.25) is 4.68 Å². The Morgan fingerprint density at radius 1 is 1.67 bits per heavy atom. The standard InChI is InChI=1S/C9H15N3/c1-7-5-8(12(2)11-7)6-9(10)3-4-9/h5H,3-4,6,10H2,1-2H3. The van der Waals surface area contributed by atoms with Gasteiger partial charge in [0.2, 0.25) is 0 Å². The molecule has 0 aliphatic heterocycles. The lowest BCUT2D eigenvalue weighted by atomic mass is 10.1. The highest BCUT2D eigenvalue weighted by Gasteiger charge is 2.38. The van der Waals surface area contributed by atoms with Crippen molar-refractivity contribution in [2.75, 3.05) is 0 Å². The summed E-state index contributed by atoms with van der Waals surface area (Å²) in [6.45, 7) is 2.01. The van der Waals surface area contributed by atoms with Crippen LogP contribution >= 0.6 is 0 Å². The fraction of sp³-hybridized carbons (Fsp3) is 0.667. The highest BCUT2D eigenvalue weighted by molar-refractivity contribution is 5.15. The molecule has 2 N–H and O–H groups in total. The minimum Gasteiger partial charge on any atom is -0.325 e. The van der Waals surface area contributed by atoms with Crippen molar-refractivity contribution in [1.29, 1.82) is 0 Å². The van der Waals surface area contributed by atoms with Gasteiger partial charge in [0.1, 0.15) is 0 Å². The number of hydrogen-bond donors (Lipinski definition) is 1. The minimum absolute atomic E-state index is 0.0975. The van der Waals surface area contributed by atoms with Gasteiger partial charge in [-0.2, -0.15) is 5.10 Å². The molecule has 0 bridgehead atoms. The Hall–Kier alpha value is -0.830. The van der Waals surface area contributed by atoms with E-state index in [2.05, 4.69) is 11.2 Å².